The minimum atomic E-state index is -0.436. The maximum Gasteiger partial charge on any atom is 0.341 e. The lowest BCUT2D eigenvalue weighted by molar-refractivity contribution is -0.113. The number of aromatic nitrogens is 2. The van der Waals surface area contributed by atoms with Gasteiger partial charge < -0.3 is 14.6 Å². The standard InChI is InChI=1S/C14H17N3O3S2/c1-8-9(2)22-12(11(8)13(19)20-4)16-10(18)7-21-14-15-5-6-17(14)3/h5-6H,7H2,1-4H3,(H,16,18). The molecule has 0 aliphatic carbocycles. The van der Waals surface area contributed by atoms with Crippen LogP contribution in [-0.4, -0.2) is 34.3 Å². The van der Waals surface area contributed by atoms with Crippen LogP contribution < -0.4 is 5.32 Å². The molecule has 118 valence electrons. The van der Waals surface area contributed by atoms with E-state index in [-0.39, 0.29) is 11.7 Å². The predicted molar refractivity (Wildman–Crippen MR) is 87.7 cm³/mol. The second-order valence-electron chi connectivity index (χ2n) is 4.64. The summed E-state index contributed by atoms with van der Waals surface area (Å²) in [6.07, 6.45) is 3.50. The van der Waals surface area contributed by atoms with Gasteiger partial charge in [-0.25, -0.2) is 9.78 Å². The number of imidazole rings is 1. The van der Waals surface area contributed by atoms with E-state index in [0.29, 0.717) is 10.6 Å². The summed E-state index contributed by atoms with van der Waals surface area (Å²) in [7, 11) is 3.20. The summed E-state index contributed by atoms with van der Waals surface area (Å²) in [5.41, 5.74) is 1.27. The number of nitrogens with zero attached hydrogens (tertiary/aromatic N) is 2. The first-order valence-electron chi connectivity index (χ1n) is 6.52. The van der Waals surface area contributed by atoms with Gasteiger partial charge in [-0.3, -0.25) is 4.79 Å². The number of anilines is 1. The molecule has 22 heavy (non-hydrogen) atoms. The molecular weight excluding hydrogens is 322 g/mol. The molecule has 0 aromatic carbocycles. The number of ether oxygens (including phenoxy) is 1. The van der Waals surface area contributed by atoms with Gasteiger partial charge in [0.2, 0.25) is 5.91 Å². The highest BCUT2D eigenvalue weighted by atomic mass is 32.2. The molecule has 1 N–H and O–H groups in total. The number of methoxy groups -OCH3 is 1. The molecule has 0 aliphatic rings. The third-order valence-corrected chi connectivity index (χ3v) is 5.32. The fourth-order valence-electron chi connectivity index (χ4n) is 1.85. The summed E-state index contributed by atoms with van der Waals surface area (Å²) in [5.74, 6) is -0.394. The second kappa shape index (κ2) is 6.97. The van der Waals surface area contributed by atoms with Crippen molar-refractivity contribution in [2.24, 2.45) is 7.05 Å². The number of esters is 1. The Kier molecular flexibility index (Phi) is 5.25. The van der Waals surface area contributed by atoms with E-state index in [1.165, 1.54) is 30.2 Å². The van der Waals surface area contributed by atoms with Crippen molar-refractivity contribution in [1.82, 2.24) is 9.55 Å². The molecule has 0 bridgehead atoms. The van der Waals surface area contributed by atoms with E-state index in [1.807, 2.05) is 31.7 Å². The van der Waals surface area contributed by atoms with Gasteiger partial charge in [0.15, 0.2) is 5.16 Å². The zero-order valence-electron chi connectivity index (χ0n) is 12.8. The Labute approximate surface area is 136 Å². The number of hydrogen-bond acceptors (Lipinski definition) is 6. The first-order valence-corrected chi connectivity index (χ1v) is 8.32. The number of hydrogen-bond donors (Lipinski definition) is 1. The van der Waals surface area contributed by atoms with Crippen LogP contribution >= 0.6 is 23.1 Å². The molecule has 8 heteroatoms. The predicted octanol–water partition coefficient (Wildman–Crippen LogP) is 2.62. The van der Waals surface area contributed by atoms with Crippen molar-refractivity contribution in [3.05, 3.63) is 28.4 Å². The molecule has 0 radical (unpaired) electrons. The van der Waals surface area contributed by atoms with Crippen LogP contribution in [0.2, 0.25) is 0 Å². The van der Waals surface area contributed by atoms with Gasteiger partial charge in [-0.2, -0.15) is 0 Å². The number of thiophene rings is 1. The van der Waals surface area contributed by atoms with Crippen LogP contribution in [0.1, 0.15) is 20.8 Å². The first kappa shape index (κ1) is 16.6. The summed E-state index contributed by atoms with van der Waals surface area (Å²) >= 11 is 2.72. The average Bonchev–Trinajstić information content (AvgIpc) is 3.00. The maximum absolute atomic E-state index is 12.1. The Morgan fingerprint density at radius 1 is 1.45 bits per heavy atom. The van der Waals surface area contributed by atoms with Gasteiger partial charge in [-0.15, -0.1) is 11.3 Å². The molecule has 0 saturated heterocycles. The third kappa shape index (κ3) is 3.50. The largest absolute Gasteiger partial charge is 0.465 e. The van der Waals surface area contributed by atoms with E-state index in [4.69, 9.17) is 4.74 Å². The van der Waals surface area contributed by atoms with Gasteiger partial charge >= 0.3 is 5.97 Å². The summed E-state index contributed by atoms with van der Waals surface area (Å²) in [6, 6.07) is 0. The zero-order valence-corrected chi connectivity index (χ0v) is 14.4. The van der Waals surface area contributed by atoms with Crippen molar-refractivity contribution < 1.29 is 14.3 Å². The van der Waals surface area contributed by atoms with Crippen molar-refractivity contribution >= 4 is 40.0 Å². The molecule has 2 aromatic heterocycles. The Morgan fingerprint density at radius 2 is 2.18 bits per heavy atom. The van der Waals surface area contributed by atoms with E-state index in [2.05, 4.69) is 10.3 Å². The molecule has 6 nitrogen and oxygen atoms in total. The number of amides is 1. The topological polar surface area (TPSA) is 73.2 Å². The van der Waals surface area contributed by atoms with Crippen LogP contribution in [0.3, 0.4) is 0 Å². The first-order chi connectivity index (χ1) is 10.4. The Morgan fingerprint density at radius 3 is 2.77 bits per heavy atom. The van der Waals surface area contributed by atoms with E-state index in [0.717, 1.165) is 15.6 Å². The third-order valence-electron chi connectivity index (χ3n) is 3.14. The lowest BCUT2D eigenvalue weighted by Gasteiger charge is -2.06. The van der Waals surface area contributed by atoms with E-state index >= 15 is 0 Å². The van der Waals surface area contributed by atoms with Crippen molar-refractivity contribution in [3.8, 4) is 0 Å². The molecule has 2 heterocycles. The van der Waals surface area contributed by atoms with Gasteiger partial charge in [-0.05, 0) is 19.4 Å². The van der Waals surface area contributed by atoms with Crippen LogP contribution in [0, 0.1) is 13.8 Å². The Balaban J connectivity index is 2.07. The summed E-state index contributed by atoms with van der Waals surface area (Å²) in [4.78, 5) is 29.1. The lowest BCUT2D eigenvalue weighted by atomic mass is 10.1. The van der Waals surface area contributed by atoms with Gasteiger partial charge in [0.1, 0.15) is 5.00 Å². The van der Waals surface area contributed by atoms with Crippen molar-refractivity contribution in [2.45, 2.75) is 19.0 Å². The minimum absolute atomic E-state index is 0.181. The van der Waals surface area contributed by atoms with Crippen molar-refractivity contribution in [3.63, 3.8) is 0 Å². The highest BCUT2D eigenvalue weighted by molar-refractivity contribution is 7.99. The molecule has 0 aliphatic heterocycles. The Bertz CT molecular complexity index is 706. The normalized spacial score (nSPS) is 10.5. The van der Waals surface area contributed by atoms with Crippen molar-refractivity contribution in [1.29, 1.82) is 0 Å². The number of nitrogens with one attached hydrogen (secondary N) is 1. The fourth-order valence-corrected chi connectivity index (χ4v) is 3.64. The van der Waals surface area contributed by atoms with E-state index in [9.17, 15) is 9.59 Å². The quantitative estimate of drug-likeness (QED) is 0.669. The Hall–Kier alpha value is -1.80. The molecule has 2 aromatic rings. The van der Waals surface area contributed by atoms with Crippen LogP contribution in [0.4, 0.5) is 5.00 Å². The molecule has 0 saturated carbocycles. The minimum Gasteiger partial charge on any atom is -0.465 e. The number of aryl methyl sites for hydroxylation is 2. The molecule has 0 unspecified atom stereocenters. The fraction of sp³-hybridized carbons (Fsp3) is 0.357. The summed E-state index contributed by atoms with van der Waals surface area (Å²) in [6.45, 7) is 3.75. The van der Waals surface area contributed by atoms with Gasteiger partial charge in [0.25, 0.3) is 0 Å². The number of carbonyl (C=O) groups excluding carboxylic acids is 2. The molecule has 0 atom stereocenters. The molecule has 1 amide bonds. The van der Waals surface area contributed by atoms with Gasteiger partial charge in [-0.1, -0.05) is 11.8 Å². The number of rotatable bonds is 5. The summed E-state index contributed by atoms with van der Waals surface area (Å²) < 4.78 is 6.63. The van der Waals surface area contributed by atoms with E-state index in [1.54, 1.807) is 6.20 Å². The monoisotopic (exact) mass is 339 g/mol. The van der Waals surface area contributed by atoms with Crippen molar-refractivity contribution in [2.75, 3.05) is 18.2 Å². The van der Waals surface area contributed by atoms with Crippen LogP contribution in [-0.2, 0) is 16.6 Å². The molecule has 2 rings (SSSR count). The lowest BCUT2D eigenvalue weighted by Crippen LogP contribution is -2.16. The highest BCUT2D eigenvalue weighted by Crippen LogP contribution is 2.33. The van der Waals surface area contributed by atoms with Gasteiger partial charge in [0, 0.05) is 24.3 Å². The SMILES string of the molecule is COC(=O)c1c(NC(=O)CSc2nccn2C)sc(C)c1C. The molecule has 0 fully saturated rings. The van der Waals surface area contributed by atoms with Crippen LogP contribution in [0.15, 0.2) is 17.6 Å². The van der Waals surface area contributed by atoms with Gasteiger partial charge in [0.05, 0.1) is 18.4 Å². The number of thioether (sulfide) groups is 1. The number of carbonyl (C=O) groups is 2. The highest BCUT2D eigenvalue weighted by Gasteiger charge is 2.21. The van der Waals surface area contributed by atoms with E-state index < -0.39 is 5.97 Å². The average molecular weight is 339 g/mol. The second-order valence-corrected chi connectivity index (χ2v) is 6.80. The zero-order chi connectivity index (χ0) is 16.3. The molecule has 0 spiro atoms. The summed E-state index contributed by atoms with van der Waals surface area (Å²) in [5, 5.41) is 4.09. The van der Waals surface area contributed by atoms with Crippen LogP contribution in [0.25, 0.3) is 0 Å². The smallest absolute Gasteiger partial charge is 0.341 e. The maximum atomic E-state index is 12.1. The molecular formula is C14H17N3O3S2. The van der Waals surface area contributed by atoms with Crippen LogP contribution in [0.5, 0.6) is 0 Å².